The minimum Gasteiger partial charge on any atom is -0.378 e. The van der Waals surface area contributed by atoms with Crippen LogP contribution in [0.3, 0.4) is 0 Å². The maximum atomic E-state index is 12.4. The van der Waals surface area contributed by atoms with Gasteiger partial charge in [0.15, 0.2) is 0 Å². The summed E-state index contributed by atoms with van der Waals surface area (Å²) in [5.41, 5.74) is 2.82. The van der Waals surface area contributed by atoms with Crippen molar-refractivity contribution >= 4 is 23.3 Å². The van der Waals surface area contributed by atoms with E-state index in [4.69, 9.17) is 0 Å². The number of hydrogen-bond acceptors (Lipinski definition) is 3. The lowest BCUT2D eigenvalue weighted by Gasteiger charge is -2.25. The van der Waals surface area contributed by atoms with Crippen LogP contribution >= 0.6 is 0 Å². The molecule has 3 amide bonds. The van der Waals surface area contributed by atoms with E-state index in [9.17, 15) is 9.59 Å². The summed E-state index contributed by atoms with van der Waals surface area (Å²) in [6, 6.07) is 17.1. The predicted octanol–water partition coefficient (Wildman–Crippen LogP) is 3.24. The third-order valence-electron chi connectivity index (χ3n) is 4.86. The molecular weight excluding hydrogens is 340 g/mol. The largest absolute Gasteiger partial charge is 0.378 e. The van der Waals surface area contributed by atoms with Crippen LogP contribution in [-0.4, -0.2) is 43.5 Å². The summed E-state index contributed by atoms with van der Waals surface area (Å²) >= 11 is 0. The molecule has 142 valence electrons. The fourth-order valence-electron chi connectivity index (χ4n) is 3.33. The van der Waals surface area contributed by atoms with Crippen LogP contribution in [-0.2, 0) is 4.79 Å². The fourth-order valence-corrected chi connectivity index (χ4v) is 3.33. The first-order chi connectivity index (χ1) is 12.9. The average Bonchev–Trinajstić information content (AvgIpc) is 3.01. The minimum absolute atomic E-state index is 0.00895. The van der Waals surface area contributed by atoms with Crippen LogP contribution < -0.4 is 15.5 Å². The third kappa shape index (κ3) is 4.58. The first kappa shape index (κ1) is 18.8. The smallest absolute Gasteiger partial charge is 0.319 e. The Morgan fingerprint density at radius 1 is 1.15 bits per heavy atom. The van der Waals surface area contributed by atoms with Crippen LogP contribution in [0.1, 0.15) is 24.9 Å². The van der Waals surface area contributed by atoms with Gasteiger partial charge in [0.25, 0.3) is 0 Å². The quantitative estimate of drug-likeness (QED) is 0.854. The molecule has 2 atom stereocenters. The second-order valence-electron chi connectivity index (χ2n) is 7.08. The number of carbonyl (C=O) groups excluding carboxylic acids is 2. The Morgan fingerprint density at radius 2 is 1.89 bits per heavy atom. The van der Waals surface area contributed by atoms with E-state index in [1.807, 2.05) is 85.4 Å². The maximum absolute atomic E-state index is 12.4. The summed E-state index contributed by atoms with van der Waals surface area (Å²) in [6.07, 6.45) is 0.322. The molecule has 27 heavy (non-hydrogen) atoms. The summed E-state index contributed by atoms with van der Waals surface area (Å²) in [7, 11) is 3.90. The summed E-state index contributed by atoms with van der Waals surface area (Å²) in [6.45, 7) is 2.53. The van der Waals surface area contributed by atoms with Gasteiger partial charge in [-0.1, -0.05) is 36.4 Å². The SMILES string of the molecule is CC(c1ccccc1)N1CC(NC(=O)Nc2cccc(N(C)C)c2)CC1=O. The van der Waals surface area contributed by atoms with Gasteiger partial charge in [0.1, 0.15) is 0 Å². The molecule has 0 aliphatic carbocycles. The number of urea groups is 1. The van der Waals surface area contributed by atoms with E-state index in [-0.39, 0.29) is 24.0 Å². The Kier molecular flexibility index (Phi) is 5.64. The molecule has 0 spiro atoms. The van der Waals surface area contributed by atoms with Crippen molar-refractivity contribution in [1.82, 2.24) is 10.2 Å². The lowest BCUT2D eigenvalue weighted by molar-refractivity contribution is -0.129. The predicted molar refractivity (Wildman–Crippen MR) is 108 cm³/mol. The van der Waals surface area contributed by atoms with Gasteiger partial charge in [0.05, 0.1) is 12.1 Å². The third-order valence-corrected chi connectivity index (χ3v) is 4.86. The van der Waals surface area contributed by atoms with Crippen LogP contribution in [0.5, 0.6) is 0 Å². The summed E-state index contributed by atoms with van der Waals surface area (Å²) < 4.78 is 0. The number of hydrogen-bond donors (Lipinski definition) is 2. The zero-order valence-electron chi connectivity index (χ0n) is 16.0. The first-order valence-corrected chi connectivity index (χ1v) is 9.13. The monoisotopic (exact) mass is 366 g/mol. The summed E-state index contributed by atoms with van der Waals surface area (Å²) in [5.74, 6) is 0.0614. The number of anilines is 2. The maximum Gasteiger partial charge on any atom is 0.319 e. The Labute approximate surface area is 160 Å². The van der Waals surface area contributed by atoms with Crippen molar-refractivity contribution in [3.8, 4) is 0 Å². The number of rotatable bonds is 5. The molecule has 0 aromatic heterocycles. The van der Waals surface area contributed by atoms with Crippen molar-refractivity contribution in [1.29, 1.82) is 0 Å². The number of benzene rings is 2. The number of nitrogens with one attached hydrogen (secondary N) is 2. The highest BCUT2D eigenvalue weighted by molar-refractivity contribution is 5.91. The summed E-state index contributed by atoms with van der Waals surface area (Å²) in [4.78, 5) is 28.5. The number of nitrogens with zero attached hydrogens (tertiary/aromatic N) is 2. The van der Waals surface area contributed by atoms with Gasteiger partial charge in [-0.3, -0.25) is 4.79 Å². The molecule has 0 radical (unpaired) electrons. The average molecular weight is 366 g/mol. The molecule has 1 saturated heterocycles. The van der Waals surface area contributed by atoms with Crippen LogP contribution in [0, 0.1) is 0 Å². The highest BCUT2D eigenvalue weighted by atomic mass is 16.2. The van der Waals surface area contributed by atoms with Crippen molar-refractivity contribution < 1.29 is 9.59 Å². The Bertz CT molecular complexity index is 807. The zero-order chi connectivity index (χ0) is 19.4. The molecule has 2 aromatic rings. The second kappa shape index (κ2) is 8.12. The van der Waals surface area contributed by atoms with E-state index in [1.54, 1.807) is 0 Å². The molecule has 6 nitrogen and oxygen atoms in total. The van der Waals surface area contributed by atoms with Crippen molar-refractivity contribution in [2.24, 2.45) is 0 Å². The molecule has 3 rings (SSSR count). The van der Waals surface area contributed by atoms with Crippen LogP contribution in [0.15, 0.2) is 54.6 Å². The van der Waals surface area contributed by atoms with Gasteiger partial charge in [-0.05, 0) is 30.7 Å². The van der Waals surface area contributed by atoms with Crippen LogP contribution in [0.25, 0.3) is 0 Å². The van der Waals surface area contributed by atoms with Crippen molar-refractivity contribution in [2.75, 3.05) is 30.9 Å². The molecule has 1 aliphatic heterocycles. The molecule has 2 N–H and O–H groups in total. The molecule has 2 aromatic carbocycles. The van der Waals surface area contributed by atoms with Gasteiger partial charge in [-0.15, -0.1) is 0 Å². The molecule has 0 bridgehead atoms. The van der Waals surface area contributed by atoms with Gasteiger partial charge < -0.3 is 20.4 Å². The van der Waals surface area contributed by atoms with Gasteiger partial charge in [0, 0.05) is 38.4 Å². The molecule has 1 heterocycles. The van der Waals surface area contributed by atoms with Crippen molar-refractivity contribution in [3.63, 3.8) is 0 Å². The second-order valence-corrected chi connectivity index (χ2v) is 7.08. The number of carbonyl (C=O) groups is 2. The molecular formula is C21H26N4O2. The van der Waals surface area contributed by atoms with E-state index in [0.717, 1.165) is 16.9 Å². The lowest BCUT2D eigenvalue weighted by Crippen LogP contribution is -2.40. The summed E-state index contributed by atoms with van der Waals surface area (Å²) in [5, 5.41) is 5.76. The van der Waals surface area contributed by atoms with Crippen molar-refractivity contribution in [2.45, 2.75) is 25.4 Å². The van der Waals surface area contributed by atoms with Gasteiger partial charge in [-0.25, -0.2) is 4.79 Å². The van der Waals surface area contributed by atoms with E-state index >= 15 is 0 Å². The van der Waals surface area contributed by atoms with E-state index in [0.29, 0.717) is 13.0 Å². The molecule has 1 fully saturated rings. The lowest BCUT2D eigenvalue weighted by atomic mass is 10.1. The minimum atomic E-state index is -0.294. The van der Waals surface area contributed by atoms with E-state index in [1.165, 1.54) is 0 Å². The van der Waals surface area contributed by atoms with Crippen molar-refractivity contribution in [3.05, 3.63) is 60.2 Å². The first-order valence-electron chi connectivity index (χ1n) is 9.13. The highest BCUT2D eigenvalue weighted by Crippen LogP contribution is 2.25. The van der Waals surface area contributed by atoms with Crippen LogP contribution in [0.4, 0.5) is 16.2 Å². The van der Waals surface area contributed by atoms with Crippen LogP contribution in [0.2, 0.25) is 0 Å². The van der Waals surface area contributed by atoms with Gasteiger partial charge in [-0.2, -0.15) is 0 Å². The molecule has 1 aliphatic rings. The number of amides is 3. The molecule has 2 unspecified atom stereocenters. The number of likely N-dealkylation sites (tertiary alicyclic amines) is 1. The fraction of sp³-hybridized carbons (Fsp3) is 0.333. The Hall–Kier alpha value is -3.02. The normalized spacial score (nSPS) is 17.5. The zero-order valence-corrected chi connectivity index (χ0v) is 16.0. The Balaban J connectivity index is 1.58. The standard InChI is InChI=1S/C21H26N4O2/c1-15(16-8-5-4-6-9-16)25-14-18(13-20(25)26)23-21(27)22-17-10-7-11-19(12-17)24(2)3/h4-12,15,18H,13-14H2,1-3H3,(H2,22,23,27). The van der Waals surface area contributed by atoms with Gasteiger partial charge in [0.2, 0.25) is 5.91 Å². The van der Waals surface area contributed by atoms with Gasteiger partial charge >= 0.3 is 6.03 Å². The highest BCUT2D eigenvalue weighted by Gasteiger charge is 2.33. The molecule has 0 saturated carbocycles. The Morgan fingerprint density at radius 3 is 2.59 bits per heavy atom. The van der Waals surface area contributed by atoms with E-state index in [2.05, 4.69) is 10.6 Å². The molecule has 6 heteroatoms. The van der Waals surface area contributed by atoms with E-state index < -0.39 is 0 Å². The topological polar surface area (TPSA) is 64.7 Å².